The molecule has 0 aliphatic carbocycles. The van der Waals surface area contributed by atoms with E-state index in [4.69, 9.17) is 11.6 Å². The van der Waals surface area contributed by atoms with Gasteiger partial charge < -0.3 is 10.6 Å². The van der Waals surface area contributed by atoms with Crippen molar-refractivity contribution in [3.05, 3.63) is 58.1 Å². The third kappa shape index (κ3) is 6.11. The van der Waals surface area contributed by atoms with Crippen LogP contribution in [0.2, 0.25) is 5.02 Å². The topological polar surface area (TPSA) is 58.2 Å². The number of halogens is 1. The molecule has 0 spiro atoms. The number of aryl methyl sites for hydroxylation is 3. The first-order valence-corrected chi connectivity index (χ1v) is 9.39. The van der Waals surface area contributed by atoms with E-state index in [0.29, 0.717) is 5.02 Å². The van der Waals surface area contributed by atoms with Gasteiger partial charge >= 0.3 is 0 Å². The number of carbonyl (C=O) groups excluding carboxylic acids is 2. The van der Waals surface area contributed by atoms with Crippen LogP contribution in [0, 0.1) is 20.8 Å². The summed E-state index contributed by atoms with van der Waals surface area (Å²) in [5, 5.41) is 6.34. The highest BCUT2D eigenvalue weighted by Gasteiger charge is 2.09. The summed E-state index contributed by atoms with van der Waals surface area (Å²) >= 11 is 7.17. The Morgan fingerprint density at radius 2 is 1.52 bits per heavy atom. The highest BCUT2D eigenvalue weighted by Crippen LogP contribution is 2.20. The van der Waals surface area contributed by atoms with Crippen LogP contribution in [0.25, 0.3) is 0 Å². The predicted octanol–water partition coefficient (Wildman–Crippen LogP) is 4.58. The zero-order chi connectivity index (χ0) is 18.4. The number of amides is 2. The quantitative estimate of drug-likeness (QED) is 0.776. The zero-order valence-electron chi connectivity index (χ0n) is 14.5. The standard InChI is InChI=1S/C19H21ClN2O2S/c1-12-4-5-13(2)17(8-12)22-19(24)11-25-10-18(23)21-16-7-6-15(20)9-14(16)3/h4-9H,10-11H2,1-3H3,(H,21,23)(H,22,24). The molecule has 2 amide bonds. The minimum Gasteiger partial charge on any atom is -0.325 e. The van der Waals surface area contributed by atoms with Gasteiger partial charge in [-0.25, -0.2) is 0 Å². The molecular formula is C19H21ClN2O2S. The number of thioether (sulfide) groups is 1. The van der Waals surface area contributed by atoms with Crippen molar-refractivity contribution in [2.75, 3.05) is 22.1 Å². The van der Waals surface area contributed by atoms with Crippen molar-refractivity contribution in [2.45, 2.75) is 20.8 Å². The van der Waals surface area contributed by atoms with Crippen LogP contribution in [0.5, 0.6) is 0 Å². The summed E-state index contributed by atoms with van der Waals surface area (Å²) in [6.45, 7) is 5.81. The first kappa shape index (κ1) is 19.3. The summed E-state index contributed by atoms with van der Waals surface area (Å²) in [6.07, 6.45) is 0. The Balaban J connectivity index is 1.78. The van der Waals surface area contributed by atoms with Crippen LogP contribution in [0.1, 0.15) is 16.7 Å². The second-order valence-electron chi connectivity index (χ2n) is 5.87. The Bertz CT molecular complexity index is 793. The van der Waals surface area contributed by atoms with Crippen LogP contribution in [-0.4, -0.2) is 23.3 Å². The van der Waals surface area contributed by atoms with Gasteiger partial charge in [0.2, 0.25) is 11.8 Å². The van der Waals surface area contributed by atoms with Crippen LogP contribution in [0.3, 0.4) is 0 Å². The van der Waals surface area contributed by atoms with E-state index in [1.165, 1.54) is 11.8 Å². The van der Waals surface area contributed by atoms with E-state index in [0.717, 1.165) is 28.1 Å². The monoisotopic (exact) mass is 376 g/mol. The van der Waals surface area contributed by atoms with Gasteiger partial charge in [0, 0.05) is 16.4 Å². The number of anilines is 2. The van der Waals surface area contributed by atoms with Gasteiger partial charge in [-0.1, -0.05) is 23.7 Å². The number of carbonyl (C=O) groups is 2. The fourth-order valence-electron chi connectivity index (χ4n) is 2.25. The van der Waals surface area contributed by atoms with Crippen LogP contribution >= 0.6 is 23.4 Å². The Labute approximate surface area is 157 Å². The van der Waals surface area contributed by atoms with E-state index in [1.807, 2.05) is 39.0 Å². The maximum atomic E-state index is 12.0. The molecular weight excluding hydrogens is 356 g/mol. The maximum Gasteiger partial charge on any atom is 0.234 e. The molecule has 0 saturated carbocycles. The molecule has 0 aliphatic heterocycles. The third-order valence-corrected chi connectivity index (χ3v) is 4.76. The highest BCUT2D eigenvalue weighted by molar-refractivity contribution is 8.00. The Morgan fingerprint density at radius 3 is 2.16 bits per heavy atom. The minimum atomic E-state index is -0.144. The predicted molar refractivity (Wildman–Crippen MR) is 107 cm³/mol. The molecule has 2 aromatic rings. The molecule has 0 radical (unpaired) electrons. The lowest BCUT2D eigenvalue weighted by atomic mass is 10.1. The fraction of sp³-hybridized carbons (Fsp3) is 0.263. The van der Waals surface area contributed by atoms with Crippen LogP contribution in [-0.2, 0) is 9.59 Å². The number of nitrogens with one attached hydrogen (secondary N) is 2. The van der Waals surface area contributed by atoms with E-state index in [2.05, 4.69) is 10.6 Å². The lowest BCUT2D eigenvalue weighted by molar-refractivity contribution is -0.114. The maximum absolute atomic E-state index is 12.0. The van der Waals surface area contributed by atoms with Gasteiger partial charge in [-0.3, -0.25) is 9.59 Å². The highest BCUT2D eigenvalue weighted by atomic mass is 35.5. The number of hydrogen-bond donors (Lipinski definition) is 2. The van der Waals surface area contributed by atoms with Crippen LogP contribution in [0.15, 0.2) is 36.4 Å². The lowest BCUT2D eigenvalue weighted by Crippen LogP contribution is -2.19. The molecule has 25 heavy (non-hydrogen) atoms. The molecule has 0 unspecified atom stereocenters. The fourth-order valence-corrected chi connectivity index (χ4v) is 3.09. The largest absolute Gasteiger partial charge is 0.325 e. The molecule has 2 rings (SSSR count). The van der Waals surface area contributed by atoms with Crippen molar-refractivity contribution in [1.29, 1.82) is 0 Å². The molecule has 0 aliphatic rings. The first-order chi connectivity index (χ1) is 11.8. The van der Waals surface area contributed by atoms with E-state index < -0.39 is 0 Å². The van der Waals surface area contributed by atoms with Gasteiger partial charge in [0.25, 0.3) is 0 Å². The smallest absolute Gasteiger partial charge is 0.234 e. The molecule has 4 nitrogen and oxygen atoms in total. The summed E-state index contributed by atoms with van der Waals surface area (Å²) < 4.78 is 0. The SMILES string of the molecule is Cc1ccc(C)c(NC(=O)CSCC(=O)Nc2ccc(Cl)cc2C)c1. The number of rotatable bonds is 6. The van der Waals surface area contributed by atoms with Crippen molar-refractivity contribution in [2.24, 2.45) is 0 Å². The summed E-state index contributed by atoms with van der Waals surface area (Å²) in [7, 11) is 0. The summed E-state index contributed by atoms with van der Waals surface area (Å²) in [5.74, 6) is 0.173. The van der Waals surface area contributed by atoms with Crippen LogP contribution < -0.4 is 10.6 Å². The molecule has 0 heterocycles. The normalized spacial score (nSPS) is 10.4. The molecule has 0 atom stereocenters. The molecule has 2 N–H and O–H groups in total. The molecule has 0 saturated heterocycles. The van der Waals surface area contributed by atoms with Crippen molar-refractivity contribution in [1.82, 2.24) is 0 Å². The van der Waals surface area contributed by atoms with Gasteiger partial charge in [0.15, 0.2) is 0 Å². The minimum absolute atomic E-state index is 0.117. The van der Waals surface area contributed by atoms with E-state index in [-0.39, 0.29) is 23.3 Å². The Kier molecular flexibility index (Phi) is 6.91. The summed E-state index contributed by atoms with van der Waals surface area (Å²) in [4.78, 5) is 24.0. The van der Waals surface area contributed by atoms with Crippen molar-refractivity contribution in [3.8, 4) is 0 Å². The average molecular weight is 377 g/mol. The average Bonchev–Trinajstić information content (AvgIpc) is 2.53. The third-order valence-electron chi connectivity index (χ3n) is 3.60. The number of hydrogen-bond acceptors (Lipinski definition) is 3. The molecule has 6 heteroatoms. The van der Waals surface area contributed by atoms with Gasteiger partial charge in [-0.05, 0) is 61.7 Å². The van der Waals surface area contributed by atoms with Crippen LogP contribution in [0.4, 0.5) is 11.4 Å². The van der Waals surface area contributed by atoms with Gasteiger partial charge in [0.1, 0.15) is 0 Å². The zero-order valence-corrected chi connectivity index (χ0v) is 16.1. The molecule has 132 valence electrons. The second-order valence-corrected chi connectivity index (χ2v) is 7.29. The number of benzene rings is 2. The van der Waals surface area contributed by atoms with Gasteiger partial charge in [-0.15, -0.1) is 11.8 Å². The van der Waals surface area contributed by atoms with Crippen molar-refractivity contribution < 1.29 is 9.59 Å². The molecule has 2 aromatic carbocycles. The van der Waals surface area contributed by atoms with Crippen molar-refractivity contribution in [3.63, 3.8) is 0 Å². The molecule has 0 fully saturated rings. The van der Waals surface area contributed by atoms with E-state index in [9.17, 15) is 9.59 Å². The second kappa shape index (κ2) is 8.92. The summed E-state index contributed by atoms with van der Waals surface area (Å²) in [6, 6.07) is 11.2. The molecule has 0 aromatic heterocycles. The Morgan fingerprint density at radius 1 is 0.880 bits per heavy atom. The first-order valence-electron chi connectivity index (χ1n) is 7.86. The Hall–Kier alpha value is -1.98. The van der Waals surface area contributed by atoms with Gasteiger partial charge in [-0.2, -0.15) is 0 Å². The lowest BCUT2D eigenvalue weighted by Gasteiger charge is -2.10. The van der Waals surface area contributed by atoms with E-state index in [1.54, 1.807) is 18.2 Å². The summed E-state index contributed by atoms with van der Waals surface area (Å²) in [5.41, 5.74) is 4.55. The molecule has 0 bridgehead atoms. The van der Waals surface area contributed by atoms with E-state index >= 15 is 0 Å². The van der Waals surface area contributed by atoms with Gasteiger partial charge in [0.05, 0.1) is 11.5 Å². The van der Waals surface area contributed by atoms with Crippen molar-refractivity contribution >= 4 is 46.6 Å².